The standard InChI is InChI=1S/C23H41N9O7S/c1-40-11-8-14(30-18(34)12-29-19(35)13(24)6-7-17(25)33)21(37)32-10-3-5-16(32)20(36)31-15(22(38)39)4-2-9-28-23(26)27/h13-16H,2-12,24H2,1H3,(H2,25,33)(H,29,35)(H,30,34)(H,31,36)(H,38,39)(H4,26,27,28)/t13-,14-,15-,16-/m0/s1. The van der Waals surface area contributed by atoms with Crippen LogP contribution in [0.5, 0.6) is 0 Å². The largest absolute Gasteiger partial charge is 0.480 e. The third kappa shape index (κ3) is 12.5. The summed E-state index contributed by atoms with van der Waals surface area (Å²) in [6, 6.07) is -4.09. The van der Waals surface area contributed by atoms with Crippen molar-refractivity contribution in [3.8, 4) is 0 Å². The first-order valence-corrected chi connectivity index (χ1v) is 14.3. The molecule has 1 saturated heterocycles. The maximum atomic E-state index is 13.4. The number of thioether (sulfide) groups is 1. The van der Waals surface area contributed by atoms with Crippen molar-refractivity contribution in [3.63, 3.8) is 0 Å². The van der Waals surface area contributed by atoms with Gasteiger partial charge in [0.15, 0.2) is 5.96 Å². The summed E-state index contributed by atoms with van der Waals surface area (Å²) in [5.41, 5.74) is 21.3. The Morgan fingerprint density at radius 3 is 2.35 bits per heavy atom. The molecule has 1 rings (SSSR count). The van der Waals surface area contributed by atoms with Gasteiger partial charge in [-0.25, -0.2) is 4.79 Å². The summed E-state index contributed by atoms with van der Waals surface area (Å²) in [5.74, 6) is -3.79. The molecule has 0 aromatic heterocycles. The van der Waals surface area contributed by atoms with Crippen LogP contribution in [0.3, 0.4) is 0 Å². The molecule has 0 saturated carbocycles. The Kier molecular flexibility index (Phi) is 15.4. The van der Waals surface area contributed by atoms with E-state index in [2.05, 4.69) is 20.9 Å². The predicted molar refractivity (Wildman–Crippen MR) is 149 cm³/mol. The number of carbonyl (C=O) groups is 6. The van der Waals surface area contributed by atoms with Crippen molar-refractivity contribution in [2.24, 2.45) is 27.9 Å². The summed E-state index contributed by atoms with van der Waals surface area (Å²) in [6.45, 7) is 0.0130. The number of aliphatic imine (C=N–C) groups is 1. The van der Waals surface area contributed by atoms with Crippen LogP contribution in [-0.4, -0.2) is 107 Å². The number of hydrogen-bond acceptors (Lipinski definition) is 9. The number of carbonyl (C=O) groups excluding carboxylic acids is 5. The van der Waals surface area contributed by atoms with Crippen molar-refractivity contribution < 1.29 is 33.9 Å². The van der Waals surface area contributed by atoms with E-state index in [4.69, 9.17) is 22.9 Å². The van der Waals surface area contributed by atoms with E-state index < -0.39 is 66.2 Å². The minimum absolute atomic E-state index is 0.0229. The lowest BCUT2D eigenvalue weighted by Gasteiger charge is -2.29. The lowest BCUT2D eigenvalue weighted by Crippen LogP contribution is -2.56. The molecule has 0 radical (unpaired) electrons. The summed E-state index contributed by atoms with van der Waals surface area (Å²) in [7, 11) is 0. The Labute approximate surface area is 236 Å². The average Bonchev–Trinajstić information content (AvgIpc) is 3.39. The molecule has 0 spiro atoms. The number of carboxylic acid groups (broad SMARTS) is 1. The van der Waals surface area contributed by atoms with Crippen LogP contribution < -0.4 is 38.9 Å². The number of likely N-dealkylation sites (tertiary alicyclic amines) is 1. The number of amides is 5. The number of aliphatic carboxylic acids is 1. The van der Waals surface area contributed by atoms with Crippen LogP contribution >= 0.6 is 11.8 Å². The van der Waals surface area contributed by atoms with Crippen molar-refractivity contribution in [1.82, 2.24) is 20.9 Å². The first-order chi connectivity index (χ1) is 18.9. The van der Waals surface area contributed by atoms with Crippen molar-refractivity contribution in [3.05, 3.63) is 0 Å². The molecule has 0 aromatic rings. The maximum Gasteiger partial charge on any atom is 0.326 e. The summed E-state index contributed by atoms with van der Waals surface area (Å²) in [6.07, 6.45) is 3.31. The van der Waals surface area contributed by atoms with Crippen LogP contribution in [0.2, 0.25) is 0 Å². The quantitative estimate of drug-likeness (QED) is 0.0443. The van der Waals surface area contributed by atoms with E-state index in [9.17, 15) is 33.9 Å². The van der Waals surface area contributed by atoms with E-state index in [-0.39, 0.29) is 44.7 Å². The van der Waals surface area contributed by atoms with Gasteiger partial charge in [-0.2, -0.15) is 11.8 Å². The van der Waals surface area contributed by atoms with Crippen LogP contribution in [0.25, 0.3) is 0 Å². The van der Waals surface area contributed by atoms with Crippen molar-refractivity contribution in [2.45, 2.75) is 69.1 Å². The third-order valence-electron chi connectivity index (χ3n) is 6.10. The fraction of sp³-hybridized carbons (Fsp3) is 0.696. The van der Waals surface area contributed by atoms with Gasteiger partial charge >= 0.3 is 5.97 Å². The Bertz CT molecular complexity index is 946. The predicted octanol–water partition coefficient (Wildman–Crippen LogP) is -3.45. The van der Waals surface area contributed by atoms with E-state index in [1.165, 1.54) is 16.7 Å². The van der Waals surface area contributed by atoms with Gasteiger partial charge in [0.05, 0.1) is 12.6 Å². The third-order valence-corrected chi connectivity index (χ3v) is 6.75. The second kappa shape index (κ2) is 17.9. The number of guanidine groups is 1. The first-order valence-electron chi connectivity index (χ1n) is 12.9. The minimum Gasteiger partial charge on any atom is -0.480 e. The monoisotopic (exact) mass is 587 g/mol. The molecule has 17 heteroatoms. The molecule has 0 aliphatic carbocycles. The molecule has 1 aliphatic rings. The molecule has 5 amide bonds. The summed E-state index contributed by atoms with van der Waals surface area (Å²) in [5, 5.41) is 17.0. The molecule has 40 heavy (non-hydrogen) atoms. The number of rotatable bonds is 18. The molecular formula is C23H41N9O7S. The fourth-order valence-electron chi connectivity index (χ4n) is 4.00. The van der Waals surface area contributed by atoms with E-state index in [0.29, 0.717) is 25.0 Å². The number of nitrogens with one attached hydrogen (secondary N) is 3. The molecule has 1 fully saturated rings. The second-order valence-electron chi connectivity index (χ2n) is 9.27. The molecule has 0 bridgehead atoms. The molecule has 0 aromatic carbocycles. The van der Waals surface area contributed by atoms with Crippen molar-refractivity contribution in [2.75, 3.05) is 31.6 Å². The van der Waals surface area contributed by atoms with E-state index in [1.54, 1.807) is 0 Å². The van der Waals surface area contributed by atoms with Crippen LogP contribution in [0.4, 0.5) is 0 Å². The zero-order valence-corrected chi connectivity index (χ0v) is 23.4. The molecule has 12 N–H and O–H groups in total. The molecule has 226 valence electrons. The zero-order chi connectivity index (χ0) is 30.2. The van der Waals surface area contributed by atoms with Crippen LogP contribution in [0, 0.1) is 0 Å². The van der Waals surface area contributed by atoms with Crippen molar-refractivity contribution in [1.29, 1.82) is 0 Å². The van der Waals surface area contributed by atoms with Gasteiger partial charge in [-0.15, -0.1) is 0 Å². The molecule has 0 unspecified atom stereocenters. The van der Waals surface area contributed by atoms with Gasteiger partial charge in [0, 0.05) is 19.5 Å². The Hall–Kier alpha value is -3.60. The summed E-state index contributed by atoms with van der Waals surface area (Å²) >= 11 is 1.46. The van der Waals surface area contributed by atoms with Gasteiger partial charge < -0.3 is 48.9 Å². The fourth-order valence-corrected chi connectivity index (χ4v) is 4.47. The smallest absolute Gasteiger partial charge is 0.326 e. The Balaban J connectivity index is 2.80. The van der Waals surface area contributed by atoms with Crippen LogP contribution in [0.1, 0.15) is 44.9 Å². The summed E-state index contributed by atoms with van der Waals surface area (Å²) < 4.78 is 0. The minimum atomic E-state index is -1.23. The molecule has 1 heterocycles. The van der Waals surface area contributed by atoms with Gasteiger partial charge in [-0.3, -0.25) is 29.0 Å². The first kappa shape index (κ1) is 34.4. The Morgan fingerprint density at radius 1 is 1.05 bits per heavy atom. The van der Waals surface area contributed by atoms with E-state index in [1.807, 2.05) is 6.26 Å². The second-order valence-corrected chi connectivity index (χ2v) is 10.3. The molecule has 4 atom stereocenters. The molecular weight excluding hydrogens is 546 g/mol. The highest BCUT2D eigenvalue weighted by Gasteiger charge is 2.38. The normalized spacial score (nSPS) is 16.8. The summed E-state index contributed by atoms with van der Waals surface area (Å²) in [4.78, 5) is 78.7. The average molecular weight is 588 g/mol. The van der Waals surface area contributed by atoms with E-state index in [0.717, 1.165) is 0 Å². The number of nitrogens with two attached hydrogens (primary N) is 4. The number of hydrogen-bond donors (Lipinski definition) is 8. The van der Waals surface area contributed by atoms with Crippen LogP contribution in [0.15, 0.2) is 4.99 Å². The van der Waals surface area contributed by atoms with Crippen molar-refractivity contribution >= 4 is 53.2 Å². The lowest BCUT2D eigenvalue weighted by molar-refractivity contribution is -0.145. The maximum absolute atomic E-state index is 13.4. The molecule has 1 aliphatic heterocycles. The topological polar surface area (TPSA) is 278 Å². The zero-order valence-electron chi connectivity index (χ0n) is 22.6. The van der Waals surface area contributed by atoms with Gasteiger partial charge in [0.2, 0.25) is 29.5 Å². The highest BCUT2D eigenvalue weighted by molar-refractivity contribution is 7.98. The van der Waals surface area contributed by atoms with Crippen LogP contribution in [-0.2, 0) is 28.8 Å². The van der Waals surface area contributed by atoms with Gasteiger partial charge in [0.1, 0.15) is 18.1 Å². The lowest BCUT2D eigenvalue weighted by atomic mass is 10.1. The highest BCUT2D eigenvalue weighted by Crippen LogP contribution is 2.20. The number of carboxylic acids is 1. The highest BCUT2D eigenvalue weighted by atomic mass is 32.2. The molecule has 16 nitrogen and oxygen atoms in total. The van der Waals surface area contributed by atoms with Gasteiger partial charge in [0.25, 0.3) is 0 Å². The van der Waals surface area contributed by atoms with Gasteiger partial charge in [-0.05, 0) is 50.5 Å². The van der Waals surface area contributed by atoms with E-state index >= 15 is 0 Å². The number of nitrogens with zero attached hydrogens (tertiary/aromatic N) is 2. The SMILES string of the molecule is CSCC[C@H](NC(=O)CNC(=O)[C@@H](N)CCC(N)=O)C(=O)N1CCC[C@H]1C(=O)N[C@@H](CCCN=C(N)N)C(=O)O. The Morgan fingerprint density at radius 2 is 1.75 bits per heavy atom. The van der Waals surface area contributed by atoms with Gasteiger partial charge in [-0.1, -0.05) is 0 Å². The number of primary amides is 1.